The number of piperidine rings is 1. The molecule has 2 saturated heterocycles. The number of nitrogens with two attached hydrogens (primary N) is 1. The van der Waals surface area contributed by atoms with Crippen molar-refractivity contribution in [1.29, 1.82) is 0 Å². The minimum Gasteiger partial charge on any atom is -0.339 e. The van der Waals surface area contributed by atoms with Gasteiger partial charge in [-0.1, -0.05) is 30.3 Å². The minimum atomic E-state index is 0. The van der Waals surface area contributed by atoms with Crippen LogP contribution in [0.25, 0.3) is 0 Å². The van der Waals surface area contributed by atoms with Gasteiger partial charge in [-0.25, -0.2) is 0 Å². The molecule has 2 atom stereocenters. The summed E-state index contributed by atoms with van der Waals surface area (Å²) in [5.74, 6) is 1.07. The second-order valence-corrected chi connectivity index (χ2v) is 7.21. The van der Waals surface area contributed by atoms with Gasteiger partial charge >= 0.3 is 0 Å². The van der Waals surface area contributed by atoms with Crippen LogP contribution < -0.4 is 5.73 Å². The van der Waals surface area contributed by atoms with Gasteiger partial charge < -0.3 is 10.6 Å². The average molecular weight is 388 g/mol. The summed E-state index contributed by atoms with van der Waals surface area (Å²) in [6, 6.07) is 11.0. The van der Waals surface area contributed by atoms with Crippen molar-refractivity contribution in [2.24, 2.45) is 17.6 Å². The Morgan fingerprint density at radius 1 is 1.16 bits per heavy atom. The largest absolute Gasteiger partial charge is 0.339 e. The van der Waals surface area contributed by atoms with Gasteiger partial charge in [-0.05, 0) is 57.3 Å². The van der Waals surface area contributed by atoms with Crippen molar-refractivity contribution in [3.8, 4) is 0 Å². The summed E-state index contributed by atoms with van der Waals surface area (Å²) in [6.45, 7) is 6.77. The summed E-state index contributed by atoms with van der Waals surface area (Å²) in [6.07, 6.45) is 3.04. The monoisotopic (exact) mass is 387 g/mol. The summed E-state index contributed by atoms with van der Waals surface area (Å²) < 4.78 is 0. The maximum Gasteiger partial charge on any atom is 0.226 e. The lowest BCUT2D eigenvalue weighted by molar-refractivity contribution is -0.137. The second kappa shape index (κ2) is 10.4. The van der Waals surface area contributed by atoms with Crippen LogP contribution in [0.1, 0.15) is 31.7 Å². The number of halogens is 2. The highest BCUT2D eigenvalue weighted by molar-refractivity contribution is 5.85. The Morgan fingerprint density at radius 3 is 2.36 bits per heavy atom. The van der Waals surface area contributed by atoms with Gasteiger partial charge in [-0.2, -0.15) is 0 Å². The first-order chi connectivity index (χ1) is 11.2. The van der Waals surface area contributed by atoms with E-state index in [0.717, 1.165) is 45.4 Å². The fourth-order valence-corrected chi connectivity index (χ4v) is 4.03. The van der Waals surface area contributed by atoms with E-state index < -0.39 is 0 Å². The number of carbonyl (C=O) groups excluding carboxylic acids is 1. The molecule has 0 spiro atoms. The number of hydrogen-bond acceptors (Lipinski definition) is 3. The maximum atomic E-state index is 12.8. The molecule has 2 aliphatic rings. The molecule has 0 aromatic heterocycles. The predicted molar refractivity (Wildman–Crippen MR) is 107 cm³/mol. The van der Waals surface area contributed by atoms with E-state index in [4.69, 9.17) is 5.73 Å². The molecule has 2 aliphatic heterocycles. The van der Waals surface area contributed by atoms with Crippen LogP contribution >= 0.6 is 24.8 Å². The Labute approximate surface area is 163 Å². The fraction of sp³-hybridized carbons (Fsp3) is 0.632. The first-order valence-electron chi connectivity index (χ1n) is 8.94. The number of rotatable bonds is 4. The molecule has 2 unspecified atom stereocenters. The molecular formula is C19H31Cl2N3O. The molecule has 1 amide bonds. The molecule has 0 saturated carbocycles. The molecule has 0 bridgehead atoms. The highest BCUT2D eigenvalue weighted by Crippen LogP contribution is 2.28. The van der Waals surface area contributed by atoms with Crippen LogP contribution in [-0.4, -0.2) is 47.9 Å². The molecule has 3 rings (SSSR count). The second-order valence-electron chi connectivity index (χ2n) is 7.21. The van der Waals surface area contributed by atoms with Crippen molar-refractivity contribution < 1.29 is 4.79 Å². The van der Waals surface area contributed by atoms with Gasteiger partial charge in [0.05, 0.1) is 0 Å². The minimum absolute atomic E-state index is 0. The number of hydrogen-bond donors (Lipinski definition) is 1. The lowest BCUT2D eigenvalue weighted by Crippen LogP contribution is -2.43. The van der Waals surface area contributed by atoms with Crippen molar-refractivity contribution in [2.45, 2.75) is 38.8 Å². The van der Waals surface area contributed by atoms with Crippen molar-refractivity contribution in [3.63, 3.8) is 0 Å². The number of amides is 1. The highest BCUT2D eigenvalue weighted by Gasteiger charge is 2.36. The average Bonchev–Trinajstić information content (AvgIpc) is 2.97. The van der Waals surface area contributed by atoms with Gasteiger partial charge in [-0.3, -0.25) is 9.69 Å². The molecule has 4 nitrogen and oxygen atoms in total. The molecule has 1 aromatic carbocycles. The van der Waals surface area contributed by atoms with Crippen LogP contribution in [0.4, 0.5) is 0 Å². The molecule has 6 heteroatoms. The fourth-order valence-electron chi connectivity index (χ4n) is 4.03. The van der Waals surface area contributed by atoms with E-state index in [1.807, 2.05) is 0 Å². The molecule has 0 radical (unpaired) electrons. The molecule has 1 aromatic rings. The van der Waals surface area contributed by atoms with Gasteiger partial charge in [0.1, 0.15) is 0 Å². The van der Waals surface area contributed by atoms with Crippen LogP contribution in [-0.2, 0) is 11.3 Å². The number of benzene rings is 1. The SMILES string of the molecule is CC1CC(CN)CN1C(=O)C1CCN(Cc2ccccc2)CC1.Cl.Cl. The number of likely N-dealkylation sites (tertiary alicyclic amines) is 2. The zero-order valence-corrected chi connectivity index (χ0v) is 16.6. The van der Waals surface area contributed by atoms with E-state index in [2.05, 4.69) is 47.1 Å². The molecule has 142 valence electrons. The van der Waals surface area contributed by atoms with E-state index in [9.17, 15) is 4.79 Å². The standard InChI is InChI=1S/C19H29N3O.2ClH/c1-15-11-17(12-20)14-22(15)19(23)18-7-9-21(10-8-18)13-16-5-3-2-4-6-16;;/h2-6,15,17-18H,7-14,20H2,1H3;2*1H. The Kier molecular flexibility index (Phi) is 9.22. The first kappa shape index (κ1) is 22.2. The molecular weight excluding hydrogens is 357 g/mol. The molecule has 2 fully saturated rings. The zero-order valence-electron chi connectivity index (χ0n) is 15.0. The van der Waals surface area contributed by atoms with E-state index in [1.165, 1.54) is 5.56 Å². The lowest BCUT2D eigenvalue weighted by atomic mass is 9.94. The van der Waals surface area contributed by atoms with E-state index in [1.54, 1.807) is 0 Å². The Morgan fingerprint density at radius 2 is 1.80 bits per heavy atom. The Balaban J connectivity index is 0.00000156. The molecule has 0 aliphatic carbocycles. The van der Waals surface area contributed by atoms with Gasteiger partial charge in [-0.15, -0.1) is 24.8 Å². The third kappa shape index (κ3) is 5.58. The van der Waals surface area contributed by atoms with Crippen LogP contribution in [0.5, 0.6) is 0 Å². The number of nitrogens with zero attached hydrogens (tertiary/aromatic N) is 2. The van der Waals surface area contributed by atoms with E-state index in [0.29, 0.717) is 24.4 Å². The maximum absolute atomic E-state index is 12.8. The Hall–Kier alpha value is -0.810. The van der Waals surface area contributed by atoms with Gasteiger partial charge in [0.2, 0.25) is 5.91 Å². The number of carbonyl (C=O) groups is 1. The van der Waals surface area contributed by atoms with Crippen molar-refractivity contribution in [1.82, 2.24) is 9.80 Å². The normalized spacial score (nSPS) is 24.5. The first-order valence-corrected chi connectivity index (χ1v) is 8.94. The Bertz CT molecular complexity index is 521. The van der Waals surface area contributed by atoms with E-state index in [-0.39, 0.29) is 30.7 Å². The summed E-state index contributed by atoms with van der Waals surface area (Å²) in [4.78, 5) is 17.4. The van der Waals surface area contributed by atoms with E-state index >= 15 is 0 Å². The molecule has 2 heterocycles. The van der Waals surface area contributed by atoms with Crippen molar-refractivity contribution in [3.05, 3.63) is 35.9 Å². The summed E-state index contributed by atoms with van der Waals surface area (Å²) in [5, 5.41) is 0. The summed E-state index contributed by atoms with van der Waals surface area (Å²) in [5.41, 5.74) is 7.14. The van der Waals surface area contributed by atoms with Crippen LogP contribution in [0.15, 0.2) is 30.3 Å². The van der Waals surface area contributed by atoms with Crippen molar-refractivity contribution >= 4 is 30.7 Å². The molecule has 2 N–H and O–H groups in total. The summed E-state index contributed by atoms with van der Waals surface area (Å²) in [7, 11) is 0. The highest BCUT2D eigenvalue weighted by atomic mass is 35.5. The van der Waals surface area contributed by atoms with Crippen molar-refractivity contribution in [2.75, 3.05) is 26.2 Å². The smallest absolute Gasteiger partial charge is 0.226 e. The van der Waals surface area contributed by atoms with Crippen LogP contribution in [0.3, 0.4) is 0 Å². The topological polar surface area (TPSA) is 49.6 Å². The predicted octanol–water partition coefficient (Wildman–Crippen LogP) is 2.94. The lowest BCUT2D eigenvalue weighted by Gasteiger charge is -2.34. The van der Waals surface area contributed by atoms with Crippen LogP contribution in [0.2, 0.25) is 0 Å². The van der Waals surface area contributed by atoms with Gasteiger partial charge in [0, 0.05) is 25.0 Å². The third-order valence-electron chi connectivity index (χ3n) is 5.46. The van der Waals surface area contributed by atoms with Gasteiger partial charge in [0.25, 0.3) is 0 Å². The molecule has 25 heavy (non-hydrogen) atoms. The third-order valence-corrected chi connectivity index (χ3v) is 5.46. The van der Waals surface area contributed by atoms with Gasteiger partial charge in [0.15, 0.2) is 0 Å². The zero-order chi connectivity index (χ0) is 16.2. The van der Waals surface area contributed by atoms with Crippen LogP contribution in [0, 0.1) is 11.8 Å². The quantitative estimate of drug-likeness (QED) is 0.863. The summed E-state index contributed by atoms with van der Waals surface area (Å²) >= 11 is 0.